The molecule has 1 N–H and O–H groups in total. The first kappa shape index (κ1) is 17.0. The van der Waals surface area contributed by atoms with Crippen LogP contribution in [0.1, 0.15) is 11.4 Å². The molecular formula is C18H12F3N3S. The minimum Gasteiger partial charge on any atom is -0.340 e. The van der Waals surface area contributed by atoms with E-state index in [0.717, 1.165) is 12.1 Å². The maximum atomic E-state index is 14.2. The van der Waals surface area contributed by atoms with Gasteiger partial charge in [-0.25, -0.2) is 23.1 Å². The Morgan fingerprint density at radius 3 is 2.28 bits per heavy atom. The molecule has 0 aliphatic rings. The van der Waals surface area contributed by atoms with Crippen molar-refractivity contribution in [1.29, 1.82) is 0 Å². The number of anilines is 2. The molecule has 0 unspecified atom stereocenters. The van der Waals surface area contributed by atoms with E-state index in [2.05, 4.69) is 15.3 Å². The van der Waals surface area contributed by atoms with E-state index >= 15 is 0 Å². The highest BCUT2D eigenvalue weighted by atomic mass is 32.1. The normalized spacial score (nSPS) is 10.6. The van der Waals surface area contributed by atoms with Crippen molar-refractivity contribution >= 4 is 29.1 Å². The number of nitrogens with one attached hydrogen (secondary N) is 1. The Balaban J connectivity index is 2.12. The highest BCUT2D eigenvalue weighted by Gasteiger charge is 2.17. The van der Waals surface area contributed by atoms with Crippen LogP contribution in [0.5, 0.6) is 0 Å². The van der Waals surface area contributed by atoms with Gasteiger partial charge in [0, 0.05) is 22.7 Å². The fourth-order valence-electron chi connectivity index (χ4n) is 2.34. The van der Waals surface area contributed by atoms with Crippen LogP contribution in [-0.4, -0.2) is 15.3 Å². The Morgan fingerprint density at radius 1 is 0.960 bits per heavy atom. The predicted octanol–water partition coefficient (Wildman–Crippen LogP) is 4.96. The van der Waals surface area contributed by atoms with E-state index in [9.17, 15) is 13.2 Å². The van der Waals surface area contributed by atoms with Crippen molar-refractivity contribution in [3.8, 4) is 11.3 Å². The number of benzene rings is 2. The topological polar surface area (TPSA) is 37.8 Å². The van der Waals surface area contributed by atoms with Crippen LogP contribution in [0.25, 0.3) is 11.3 Å². The molecule has 126 valence electrons. The van der Waals surface area contributed by atoms with E-state index in [0.29, 0.717) is 22.9 Å². The second-order valence-corrected chi connectivity index (χ2v) is 5.49. The zero-order valence-electron chi connectivity index (χ0n) is 13.1. The highest BCUT2D eigenvalue weighted by molar-refractivity contribution is 7.79. The molecule has 0 bridgehead atoms. The summed E-state index contributed by atoms with van der Waals surface area (Å²) in [7, 11) is 0. The van der Waals surface area contributed by atoms with Crippen LogP contribution in [0.2, 0.25) is 0 Å². The summed E-state index contributed by atoms with van der Waals surface area (Å²) in [6.07, 6.45) is 0. The second kappa shape index (κ2) is 6.98. The summed E-state index contributed by atoms with van der Waals surface area (Å²) in [5, 5.41) is 4.34. The fraction of sp³-hybridized carbons (Fsp3) is 0.0556. The maximum absolute atomic E-state index is 14.2. The number of aryl methyl sites for hydroxylation is 1. The minimum atomic E-state index is -0.746. The second-order valence-electron chi connectivity index (χ2n) is 5.26. The molecule has 0 amide bonds. The zero-order valence-corrected chi connectivity index (χ0v) is 13.9. The van der Waals surface area contributed by atoms with Crippen LogP contribution in [0.15, 0.2) is 42.5 Å². The zero-order chi connectivity index (χ0) is 18.0. The summed E-state index contributed by atoms with van der Waals surface area (Å²) in [4.78, 5) is 8.53. The Bertz CT molecular complexity index is 943. The molecule has 0 fully saturated rings. The summed E-state index contributed by atoms with van der Waals surface area (Å²) < 4.78 is 40.4. The summed E-state index contributed by atoms with van der Waals surface area (Å²) in [5.74, 6) is -1.06. The van der Waals surface area contributed by atoms with E-state index in [1.54, 1.807) is 6.92 Å². The molecule has 0 atom stereocenters. The van der Waals surface area contributed by atoms with E-state index in [4.69, 9.17) is 12.2 Å². The molecule has 1 aromatic heterocycles. The molecule has 0 saturated carbocycles. The van der Waals surface area contributed by atoms with Gasteiger partial charge in [-0.05, 0) is 43.3 Å². The molecule has 0 spiro atoms. The quantitative estimate of drug-likeness (QED) is 0.668. The number of rotatable bonds is 4. The van der Waals surface area contributed by atoms with Gasteiger partial charge in [0.2, 0.25) is 0 Å². The maximum Gasteiger partial charge on any atom is 0.142 e. The standard InChI is InChI=1S/C18H12F3N3S/c1-10-22-17(14-7-4-12(20)8-16(14)21)15(9-25)18(23-10)24-13-5-2-11(19)3-6-13/h2-9H,1H3,(H,22,23,24). The number of nitrogens with zero attached hydrogens (tertiary/aromatic N) is 2. The molecule has 1 heterocycles. The lowest BCUT2D eigenvalue weighted by Gasteiger charge is -2.14. The van der Waals surface area contributed by atoms with Gasteiger partial charge in [-0.1, -0.05) is 12.2 Å². The highest BCUT2D eigenvalue weighted by Crippen LogP contribution is 2.29. The molecule has 0 radical (unpaired) electrons. The summed E-state index contributed by atoms with van der Waals surface area (Å²) in [5.41, 5.74) is 1.34. The van der Waals surface area contributed by atoms with Gasteiger partial charge >= 0.3 is 0 Å². The van der Waals surface area contributed by atoms with Crippen molar-refractivity contribution in [2.24, 2.45) is 0 Å². The van der Waals surface area contributed by atoms with Gasteiger partial charge < -0.3 is 5.32 Å². The number of thiocarbonyl (C=S) groups is 1. The van der Waals surface area contributed by atoms with Crippen molar-refractivity contribution in [3.05, 3.63) is 71.3 Å². The SMILES string of the molecule is Cc1nc(Nc2ccc(F)cc2)c(C=S)c(-c2ccc(F)cc2F)n1. The molecule has 25 heavy (non-hydrogen) atoms. The Hall–Kier alpha value is -2.80. The Labute approximate surface area is 147 Å². The van der Waals surface area contributed by atoms with Gasteiger partial charge in [-0.2, -0.15) is 0 Å². The molecule has 0 saturated heterocycles. The first-order valence-corrected chi connectivity index (χ1v) is 7.77. The fourth-order valence-corrected chi connectivity index (χ4v) is 2.57. The number of aromatic nitrogens is 2. The van der Waals surface area contributed by atoms with Crippen LogP contribution in [0.3, 0.4) is 0 Å². The Morgan fingerprint density at radius 2 is 1.64 bits per heavy atom. The van der Waals surface area contributed by atoms with Crippen molar-refractivity contribution < 1.29 is 13.2 Å². The van der Waals surface area contributed by atoms with E-state index < -0.39 is 11.6 Å². The largest absolute Gasteiger partial charge is 0.340 e. The van der Waals surface area contributed by atoms with Crippen LogP contribution in [0, 0.1) is 24.4 Å². The van der Waals surface area contributed by atoms with Gasteiger partial charge in [-0.15, -0.1) is 0 Å². The minimum absolute atomic E-state index is 0.116. The first-order valence-electron chi connectivity index (χ1n) is 7.30. The van der Waals surface area contributed by atoms with Crippen molar-refractivity contribution in [3.63, 3.8) is 0 Å². The van der Waals surface area contributed by atoms with Crippen LogP contribution >= 0.6 is 12.2 Å². The molecule has 3 nitrogen and oxygen atoms in total. The van der Waals surface area contributed by atoms with Gasteiger partial charge in [0.1, 0.15) is 29.1 Å². The Kier molecular flexibility index (Phi) is 4.76. The molecule has 0 aliphatic heterocycles. The lowest BCUT2D eigenvalue weighted by molar-refractivity contribution is 0.585. The third-order valence-corrected chi connectivity index (χ3v) is 3.70. The third kappa shape index (κ3) is 3.66. The predicted molar refractivity (Wildman–Crippen MR) is 94.6 cm³/mol. The first-order chi connectivity index (χ1) is 12.0. The summed E-state index contributed by atoms with van der Waals surface area (Å²) in [6.45, 7) is 1.65. The molecule has 3 rings (SSSR count). The lowest BCUT2D eigenvalue weighted by atomic mass is 10.1. The van der Waals surface area contributed by atoms with E-state index in [1.807, 2.05) is 0 Å². The van der Waals surface area contributed by atoms with E-state index in [1.165, 1.54) is 35.7 Å². The summed E-state index contributed by atoms with van der Waals surface area (Å²) >= 11 is 5.04. The molecule has 0 aliphatic carbocycles. The average molecular weight is 359 g/mol. The van der Waals surface area contributed by atoms with Gasteiger partial charge in [0.15, 0.2) is 0 Å². The van der Waals surface area contributed by atoms with Crippen LogP contribution < -0.4 is 5.32 Å². The summed E-state index contributed by atoms with van der Waals surface area (Å²) in [6, 6.07) is 8.91. The lowest BCUT2D eigenvalue weighted by Crippen LogP contribution is -2.06. The van der Waals surface area contributed by atoms with E-state index in [-0.39, 0.29) is 17.1 Å². The number of halogens is 3. The number of hydrogen-bond donors (Lipinski definition) is 1. The van der Waals surface area contributed by atoms with Crippen molar-refractivity contribution in [1.82, 2.24) is 9.97 Å². The van der Waals surface area contributed by atoms with Gasteiger partial charge in [0.25, 0.3) is 0 Å². The van der Waals surface area contributed by atoms with Crippen molar-refractivity contribution in [2.75, 3.05) is 5.32 Å². The molecule has 3 aromatic rings. The smallest absolute Gasteiger partial charge is 0.142 e. The number of hydrogen-bond acceptors (Lipinski definition) is 4. The third-order valence-electron chi connectivity index (χ3n) is 3.47. The van der Waals surface area contributed by atoms with Crippen LogP contribution in [0.4, 0.5) is 24.7 Å². The molecule has 7 heteroatoms. The molecular weight excluding hydrogens is 347 g/mol. The van der Waals surface area contributed by atoms with Crippen molar-refractivity contribution in [2.45, 2.75) is 6.92 Å². The van der Waals surface area contributed by atoms with Gasteiger partial charge in [-0.3, -0.25) is 0 Å². The average Bonchev–Trinajstić information content (AvgIpc) is 2.56. The van der Waals surface area contributed by atoms with Crippen LogP contribution in [-0.2, 0) is 0 Å². The van der Waals surface area contributed by atoms with Gasteiger partial charge in [0.05, 0.1) is 11.3 Å². The molecule has 2 aromatic carbocycles. The monoisotopic (exact) mass is 359 g/mol.